The summed E-state index contributed by atoms with van der Waals surface area (Å²) in [4.78, 5) is 9.45. The molecule has 6 heteroatoms. The lowest BCUT2D eigenvalue weighted by atomic mass is 10.2. The molecule has 0 bridgehead atoms. The zero-order valence-corrected chi connectivity index (χ0v) is 12.7. The second kappa shape index (κ2) is 5.13. The van der Waals surface area contributed by atoms with E-state index in [1.54, 1.807) is 23.5 Å². The lowest BCUT2D eigenvalue weighted by Gasteiger charge is -2.10. The highest BCUT2D eigenvalue weighted by Gasteiger charge is 2.17. The molecule has 4 nitrogen and oxygen atoms in total. The van der Waals surface area contributed by atoms with Crippen LogP contribution in [0.1, 0.15) is 0 Å². The third-order valence-electron chi connectivity index (χ3n) is 3.21. The predicted octanol–water partition coefficient (Wildman–Crippen LogP) is 4.11. The van der Waals surface area contributed by atoms with Crippen LogP contribution in [0.3, 0.4) is 0 Å². The van der Waals surface area contributed by atoms with Crippen molar-refractivity contribution in [1.29, 1.82) is 0 Å². The summed E-state index contributed by atoms with van der Waals surface area (Å²) in [6.07, 6.45) is 0. The average molecular weight is 312 g/mol. The Morgan fingerprint density at radius 1 is 0.952 bits per heavy atom. The van der Waals surface area contributed by atoms with Gasteiger partial charge >= 0.3 is 0 Å². The average Bonchev–Trinajstić information content (AvgIpc) is 2.95. The van der Waals surface area contributed by atoms with Crippen LogP contribution in [0.4, 0.5) is 17.1 Å². The minimum atomic E-state index is 0.754. The number of benzene rings is 2. The standard InChI is InChI=1S/C15H12N4S2/c16-9-4-6-10(7-5-9)17-11-2-1-3-12-13(11)19-15-14(18-12)20-8-21-15/h1-7,17H,8,16H2. The van der Waals surface area contributed by atoms with Crippen molar-refractivity contribution in [3.05, 3.63) is 42.5 Å². The first-order chi connectivity index (χ1) is 10.3. The maximum Gasteiger partial charge on any atom is 0.130 e. The molecular formula is C15H12N4S2. The Morgan fingerprint density at radius 3 is 2.52 bits per heavy atom. The lowest BCUT2D eigenvalue weighted by molar-refractivity contribution is 0.982. The molecule has 0 aliphatic carbocycles. The fraction of sp³-hybridized carbons (Fsp3) is 0.0667. The molecule has 0 radical (unpaired) electrons. The number of fused-ring (bicyclic) bond motifs is 2. The van der Waals surface area contributed by atoms with E-state index in [4.69, 9.17) is 15.7 Å². The minimum Gasteiger partial charge on any atom is -0.399 e. The van der Waals surface area contributed by atoms with Crippen LogP contribution in [0.25, 0.3) is 11.0 Å². The molecule has 0 saturated carbocycles. The highest BCUT2D eigenvalue weighted by atomic mass is 32.2. The topological polar surface area (TPSA) is 63.8 Å². The Morgan fingerprint density at radius 2 is 1.71 bits per heavy atom. The quantitative estimate of drug-likeness (QED) is 0.694. The van der Waals surface area contributed by atoms with Gasteiger partial charge in [-0.3, -0.25) is 0 Å². The summed E-state index contributed by atoms with van der Waals surface area (Å²) in [5.74, 6) is 0. The number of hydrogen-bond donors (Lipinski definition) is 2. The Hall–Kier alpha value is -1.92. The van der Waals surface area contributed by atoms with Crippen molar-refractivity contribution >= 4 is 51.6 Å². The monoisotopic (exact) mass is 312 g/mol. The van der Waals surface area contributed by atoms with Gasteiger partial charge in [-0.15, -0.1) is 0 Å². The molecule has 3 N–H and O–H groups in total. The Labute approximate surface area is 130 Å². The fourth-order valence-corrected chi connectivity index (χ4v) is 4.34. The number of nitrogens with one attached hydrogen (secondary N) is 1. The summed E-state index contributed by atoms with van der Waals surface area (Å²) in [7, 11) is 0. The van der Waals surface area contributed by atoms with Gasteiger partial charge in [-0.25, -0.2) is 9.97 Å². The van der Waals surface area contributed by atoms with E-state index in [1.807, 2.05) is 42.5 Å². The lowest BCUT2D eigenvalue weighted by Crippen LogP contribution is -1.96. The molecule has 2 aromatic carbocycles. The molecule has 0 amide bonds. The number of anilines is 3. The number of rotatable bonds is 2. The Balaban J connectivity index is 1.79. The van der Waals surface area contributed by atoms with Crippen molar-refractivity contribution in [2.24, 2.45) is 0 Å². The van der Waals surface area contributed by atoms with Gasteiger partial charge in [0.15, 0.2) is 0 Å². The minimum absolute atomic E-state index is 0.754. The summed E-state index contributed by atoms with van der Waals surface area (Å²) < 4.78 is 0. The molecule has 3 aromatic rings. The van der Waals surface area contributed by atoms with E-state index in [0.29, 0.717) is 0 Å². The number of nitrogens with two attached hydrogens (primary N) is 1. The molecule has 1 aliphatic heterocycles. The molecule has 0 unspecified atom stereocenters. The number of aromatic nitrogens is 2. The van der Waals surface area contributed by atoms with Gasteiger partial charge in [-0.2, -0.15) is 0 Å². The molecular weight excluding hydrogens is 300 g/mol. The number of nitrogens with zero attached hydrogens (tertiary/aromatic N) is 2. The number of para-hydroxylation sites is 1. The third kappa shape index (κ3) is 2.41. The summed E-state index contributed by atoms with van der Waals surface area (Å²) in [5, 5.41) is 6.45. The highest BCUT2D eigenvalue weighted by Crippen LogP contribution is 2.40. The van der Waals surface area contributed by atoms with Crippen molar-refractivity contribution in [3.8, 4) is 0 Å². The highest BCUT2D eigenvalue weighted by molar-refractivity contribution is 8.18. The summed E-state index contributed by atoms with van der Waals surface area (Å²) in [5.41, 5.74) is 10.2. The zero-order chi connectivity index (χ0) is 14.2. The smallest absolute Gasteiger partial charge is 0.130 e. The van der Waals surface area contributed by atoms with Gasteiger partial charge in [0.1, 0.15) is 15.6 Å². The second-order valence-electron chi connectivity index (χ2n) is 4.66. The van der Waals surface area contributed by atoms with Crippen molar-refractivity contribution in [2.45, 2.75) is 10.1 Å². The van der Waals surface area contributed by atoms with E-state index in [1.165, 1.54) is 0 Å². The number of hydrogen-bond acceptors (Lipinski definition) is 6. The molecule has 0 spiro atoms. The van der Waals surface area contributed by atoms with E-state index in [-0.39, 0.29) is 0 Å². The van der Waals surface area contributed by atoms with Crippen LogP contribution in [0.5, 0.6) is 0 Å². The van der Waals surface area contributed by atoms with E-state index in [9.17, 15) is 0 Å². The molecule has 104 valence electrons. The van der Waals surface area contributed by atoms with Gasteiger partial charge in [-0.1, -0.05) is 29.6 Å². The maximum absolute atomic E-state index is 5.72. The first kappa shape index (κ1) is 12.8. The molecule has 4 rings (SSSR count). The summed E-state index contributed by atoms with van der Waals surface area (Å²) >= 11 is 3.49. The predicted molar refractivity (Wildman–Crippen MR) is 90.3 cm³/mol. The fourth-order valence-electron chi connectivity index (χ4n) is 2.20. The van der Waals surface area contributed by atoms with Gasteiger partial charge in [0, 0.05) is 11.4 Å². The molecule has 0 fully saturated rings. The van der Waals surface area contributed by atoms with Crippen LogP contribution in [-0.4, -0.2) is 15.1 Å². The van der Waals surface area contributed by atoms with Crippen molar-refractivity contribution in [2.75, 3.05) is 16.1 Å². The molecule has 2 heterocycles. The largest absolute Gasteiger partial charge is 0.399 e. The molecule has 21 heavy (non-hydrogen) atoms. The summed E-state index contributed by atoms with van der Waals surface area (Å²) in [6, 6.07) is 13.7. The van der Waals surface area contributed by atoms with E-state index < -0.39 is 0 Å². The van der Waals surface area contributed by atoms with E-state index >= 15 is 0 Å². The third-order valence-corrected chi connectivity index (χ3v) is 5.40. The molecule has 1 aliphatic rings. The molecule has 1 aromatic heterocycles. The number of thioether (sulfide) groups is 2. The van der Waals surface area contributed by atoms with Gasteiger partial charge in [0.25, 0.3) is 0 Å². The van der Waals surface area contributed by atoms with Crippen LogP contribution in [0, 0.1) is 0 Å². The maximum atomic E-state index is 5.72. The number of nitrogen functional groups attached to an aromatic ring is 1. The van der Waals surface area contributed by atoms with Crippen LogP contribution in [0.15, 0.2) is 52.5 Å². The molecule has 0 atom stereocenters. The van der Waals surface area contributed by atoms with Crippen LogP contribution >= 0.6 is 23.5 Å². The van der Waals surface area contributed by atoms with Crippen molar-refractivity contribution < 1.29 is 0 Å². The van der Waals surface area contributed by atoms with Gasteiger partial charge in [-0.05, 0) is 36.4 Å². The van der Waals surface area contributed by atoms with Gasteiger partial charge in [0.05, 0.1) is 16.3 Å². The molecule has 0 saturated heterocycles. The van der Waals surface area contributed by atoms with E-state index in [2.05, 4.69) is 5.32 Å². The Kier molecular flexibility index (Phi) is 3.12. The van der Waals surface area contributed by atoms with Crippen LogP contribution in [0.2, 0.25) is 0 Å². The second-order valence-corrected chi connectivity index (χ2v) is 6.95. The first-order valence-electron chi connectivity index (χ1n) is 6.48. The van der Waals surface area contributed by atoms with Crippen molar-refractivity contribution in [1.82, 2.24) is 9.97 Å². The summed E-state index contributed by atoms with van der Waals surface area (Å²) in [6.45, 7) is 0. The SMILES string of the molecule is Nc1ccc(Nc2cccc3nc4c(nc23)SCS4)cc1. The van der Waals surface area contributed by atoms with Crippen molar-refractivity contribution in [3.63, 3.8) is 0 Å². The normalized spacial score (nSPS) is 13.3. The van der Waals surface area contributed by atoms with Crippen LogP contribution in [-0.2, 0) is 0 Å². The first-order valence-corrected chi connectivity index (χ1v) is 8.46. The van der Waals surface area contributed by atoms with Gasteiger partial charge in [0.2, 0.25) is 0 Å². The van der Waals surface area contributed by atoms with Crippen LogP contribution < -0.4 is 11.1 Å². The van der Waals surface area contributed by atoms with Gasteiger partial charge < -0.3 is 11.1 Å². The Bertz CT molecular complexity index is 818. The van der Waals surface area contributed by atoms with E-state index in [0.717, 1.165) is 43.2 Å². The zero-order valence-electron chi connectivity index (χ0n) is 11.0.